The van der Waals surface area contributed by atoms with Crippen molar-refractivity contribution in [2.75, 3.05) is 25.4 Å². The maximum Gasteiger partial charge on any atom is 0.175 e. The zero-order valence-corrected chi connectivity index (χ0v) is 13.0. The Labute approximate surface area is 123 Å². The molecule has 0 spiro atoms. The Hall–Kier alpha value is -0.940. The highest BCUT2D eigenvalue weighted by Gasteiger charge is 2.17. The molecule has 112 valence electrons. The van der Waals surface area contributed by atoms with Crippen molar-refractivity contribution < 1.29 is 13.6 Å². The maximum atomic E-state index is 13.1. The summed E-state index contributed by atoms with van der Waals surface area (Å²) in [6.45, 7) is 8.91. The van der Waals surface area contributed by atoms with Crippen molar-refractivity contribution in [3.63, 3.8) is 0 Å². The van der Waals surface area contributed by atoms with Crippen molar-refractivity contribution in [1.29, 1.82) is 0 Å². The number of benzene rings is 1. The predicted molar refractivity (Wildman–Crippen MR) is 80.4 cm³/mol. The van der Waals surface area contributed by atoms with Crippen molar-refractivity contribution in [3.8, 4) is 0 Å². The first-order valence-electron chi connectivity index (χ1n) is 6.82. The van der Waals surface area contributed by atoms with Gasteiger partial charge in [-0.15, -0.1) is 11.8 Å². The Balaban J connectivity index is 2.52. The lowest BCUT2D eigenvalue weighted by Crippen LogP contribution is -2.26. The van der Waals surface area contributed by atoms with Gasteiger partial charge in [-0.3, -0.25) is 4.79 Å². The molecular weight excluding hydrogens is 280 g/mol. The predicted octanol–water partition coefficient (Wildman–Crippen LogP) is 3.61. The number of ketones is 1. The fourth-order valence-electron chi connectivity index (χ4n) is 1.86. The second-order valence-electron chi connectivity index (χ2n) is 4.53. The van der Waals surface area contributed by atoms with Crippen LogP contribution in [0.15, 0.2) is 18.2 Å². The molecule has 20 heavy (non-hydrogen) atoms. The van der Waals surface area contributed by atoms with Crippen LogP contribution in [0.5, 0.6) is 0 Å². The summed E-state index contributed by atoms with van der Waals surface area (Å²) in [5.74, 6) is -1.22. The number of nitrogens with zero attached hydrogens (tertiary/aromatic N) is 1. The summed E-state index contributed by atoms with van der Waals surface area (Å²) >= 11 is 1.54. The van der Waals surface area contributed by atoms with Gasteiger partial charge in [0.2, 0.25) is 0 Å². The molecule has 1 aromatic rings. The summed E-state index contributed by atoms with van der Waals surface area (Å²) in [7, 11) is 0. The third-order valence-electron chi connectivity index (χ3n) is 3.24. The summed E-state index contributed by atoms with van der Waals surface area (Å²) in [5, 5.41) is -0.254. The number of halogens is 2. The monoisotopic (exact) mass is 301 g/mol. The number of hydrogen-bond donors (Lipinski definition) is 0. The van der Waals surface area contributed by atoms with Gasteiger partial charge in [0.15, 0.2) is 17.4 Å². The maximum absolute atomic E-state index is 13.1. The van der Waals surface area contributed by atoms with Crippen LogP contribution in [0.2, 0.25) is 0 Å². The van der Waals surface area contributed by atoms with E-state index in [9.17, 15) is 13.6 Å². The molecule has 0 saturated carbocycles. The molecule has 1 rings (SSSR count). The lowest BCUT2D eigenvalue weighted by atomic mass is 10.1. The largest absolute Gasteiger partial charge is 0.303 e. The summed E-state index contributed by atoms with van der Waals surface area (Å²) in [6.07, 6.45) is 0. The molecule has 0 bridgehead atoms. The fraction of sp³-hybridized carbons (Fsp3) is 0.533. The summed E-state index contributed by atoms with van der Waals surface area (Å²) in [4.78, 5) is 14.4. The Kier molecular flexibility index (Phi) is 7.16. The minimum absolute atomic E-state index is 0.159. The minimum atomic E-state index is -0.976. The Morgan fingerprint density at radius 3 is 2.45 bits per heavy atom. The van der Waals surface area contributed by atoms with Crippen LogP contribution >= 0.6 is 11.8 Å². The summed E-state index contributed by atoms with van der Waals surface area (Å²) in [5.41, 5.74) is 0.228. The van der Waals surface area contributed by atoms with Crippen LogP contribution < -0.4 is 0 Å². The molecule has 0 aromatic heterocycles. The average molecular weight is 301 g/mol. The third-order valence-corrected chi connectivity index (χ3v) is 4.38. The van der Waals surface area contributed by atoms with Gasteiger partial charge in [-0.2, -0.15) is 0 Å². The fourth-order valence-corrected chi connectivity index (χ4v) is 2.86. The van der Waals surface area contributed by atoms with E-state index in [1.54, 1.807) is 18.7 Å². The molecule has 1 aromatic carbocycles. The zero-order valence-electron chi connectivity index (χ0n) is 12.2. The van der Waals surface area contributed by atoms with Crippen LogP contribution in [0, 0.1) is 11.6 Å². The van der Waals surface area contributed by atoms with Gasteiger partial charge in [-0.25, -0.2) is 8.78 Å². The van der Waals surface area contributed by atoms with Gasteiger partial charge in [0.25, 0.3) is 0 Å². The molecule has 2 nitrogen and oxygen atoms in total. The Morgan fingerprint density at radius 1 is 1.25 bits per heavy atom. The smallest absolute Gasteiger partial charge is 0.175 e. The number of carbonyl (C=O) groups is 1. The standard InChI is InChI=1S/C15H21F2NOS/c1-4-18(5-2)8-9-20-11(3)15(19)12-6-7-13(16)14(17)10-12/h6-7,10-11H,4-5,8-9H2,1-3H3. The quantitative estimate of drug-likeness (QED) is 0.684. The van der Waals surface area contributed by atoms with Gasteiger partial charge in [-0.1, -0.05) is 13.8 Å². The van der Waals surface area contributed by atoms with Crippen LogP contribution in [0.3, 0.4) is 0 Å². The van der Waals surface area contributed by atoms with E-state index in [0.29, 0.717) is 0 Å². The second-order valence-corrected chi connectivity index (χ2v) is 5.98. The van der Waals surface area contributed by atoms with E-state index in [1.165, 1.54) is 6.07 Å². The molecule has 0 fully saturated rings. The number of thioether (sulfide) groups is 1. The van der Waals surface area contributed by atoms with E-state index in [1.807, 2.05) is 0 Å². The van der Waals surface area contributed by atoms with Crippen molar-refractivity contribution in [1.82, 2.24) is 4.90 Å². The third kappa shape index (κ3) is 4.87. The minimum Gasteiger partial charge on any atom is -0.303 e. The number of hydrogen-bond acceptors (Lipinski definition) is 3. The van der Waals surface area contributed by atoms with Crippen LogP contribution in [-0.4, -0.2) is 41.3 Å². The van der Waals surface area contributed by atoms with E-state index in [4.69, 9.17) is 0 Å². The van der Waals surface area contributed by atoms with Gasteiger partial charge < -0.3 is 4.90 Å². The molecule has 0 radical (unpaired) electrons. The highest BCUT2D eigenvalue weighted by Crippen LogP contribution is 2.18. The van der Waals surface area contributed by atoms with E-state index in [0.717, 1.165) is 37.5 Å². The van der Waals surface area contributed by atoms with E-state index >= 15 is 0 Å². The molecule has 0 aliphatic rings. The summed E-state index contributed by atoms with van der Waals surface area (Å²) < 4.78 is 25.9. The van der Waals surface area contributed by atoms with Crippen LogP contribution in [0.25, 0.3) is 0 Å². The molecule has 0 saturated heterocycles. The lowest BCUT2D eigenvalue weighted by molar-refractivity contribution is 0.0993. The molecule has 1 unspecified atom stereocenters. The average Bonchev–Trinajstić information content (AvgIpc) is 2.45. The number of rotatable bonds is 8. The number of Topliss-reactive ketones (excluding diaryl/α,β-unsaturated/α-hetero) is 1. The van der Waals surface area contributed by atoms with Crippen molar-refractivity contribution in [2.24, 2.45) is 0 Å². The number of carbonyl (C=O) groups excluding carboxylic acids is 1. The topological polar surface area (TPSA) is 20.3 Å². The first-order valence-corrected chi connectivity index (χ1v) is 7.87. The van der Waals surface area contributed by atoms with Crippen LogP contribution in [0.4, 0.5) is 8.78 Å². The molecule has 0 heterocycles. The molecule has 0 aliphatic heterocycles. The SMILES string of the molecule is CCN(CC)CCSC(C)C(=O)c1ccc(F)c(F)c1. The van der Waals surface area contributed by atoms with Gasteiger partial charge >= 0.3 is 0 Å². The van der Waals surface area contributed by atoms with Crippen molar-refractivity contribution in [3.05, 3.63) is 35.4 Å². The first-order chi connectivity index (χ1) is 9.49. The Bertz CT molecular complexity index is 449. The van der Waals surface area contributed by atoms with E-state index < -0.39 is 11.6 Å². The van der Waals surface area contributed by atoms with E-state index in [-0.39, 0.29) is 16.6 Å². The van der Waals surface area contributed by atoms with Gasteiger partial charge in [0, 0.05) is 17.9 Å². The molecule has 5 heteroatoms. The molecular formula is C15H21F2NOS. The van der Waals surface area contributed by atoms with Gasteiger partial charge in [0.1, 0.15) is 0 Å². The highest BCUT2D eigenvalue weighted by molar-refractivity contribution is 8.00. The molecule has 0 amide bonds. The van der Waals surface area contributed by atoms with Crippen LogP contribution in [0.1, 0.15) is 31.1 Å². The Morgan fingerprint density at radius 2 is 1.90 bits per heavy atom. The molecule has 0 aliphatic carbocycles. The summed E-state index contributed by atoms with van der Waals surface area (Å²) in [6, 6.07) is 3.30. The van der Waals surface area contributed by atoms with E-state index in [2.05, 4.69) is 18.7 Å². The normalized spacial score (nSPS) is 12.7. The first kappa shape index (κ1) is 17.1. The van der Waals surface area contributed by atoms with Crippen molar-refractivity contribution >= 4 is 17.5 Å². The lowest BCUT2D eigenvalue weighted by Gasteiger charge is -2.18. The van der Waals surface area contributed by atoms with Gasteiger partial charge in [0.05, 0.1) is 5.25 Å². The van der Waals surface area contributed by atoms with Crippen LogP contribution in [-0.2, 0) is 0 Å². The molecule has 1 atom stereocenters. The van der Waals surface area contributed by atoms with Gasteiger partial charge in [-0.05, 0) is 38.2 Å². The molecule has 0 N–H and O–H groups in total. The second kappa shape index (κ2) is 8.37. The van der Waals surface area contributed by atoms with Crippen molar-refractivity contribution in [2.45, 2.75) is 26.0 Å². The zero-order chi connectivity index (χ0) is 15.1. The highest BCUT2D eigenvalue weighted by atomic mass is 32.2.